The molecule has 226 valence electrons. The Hall–Kier alpha value is -5.82. The van der Waals surface area contributed by atoms with Crippen molar-refractivity contribution in [2.75, 3.05) is 0 Å². The second-order valence-electron chi connectivity index (χ2n) is 11.6. The number of aromatic nitrogens is 4. The van der Waals surface area contributed by atoms with Crippen LogP contribution in [0.4, 0.5) is 0 Å². The van der Waals surface area contributed by atoms with Crippen LogP contribution in [-0.4, -0.2) is 19.9 Å². The monoisotopic (exact) mass is 650 g/mol. The highest BCUT2D eigenvalue weighted by Crippen LogP contribution is 2.45. The molecule has 9 aromatic rings. The van der Waals surface area contributed by atoms with Gasteiger partial charge in [-0.2, -0.15) is 0 Å². The van der Waals surface area contributed by atoms with Crippen molar-refractivity contribution in [3.05, 3.63) is 157 Å². The maximum absolute atomic E-state index is 4.90. The average molecular weight is 651 g/mol. The quantitative estimate of drug-likeness (QED) is 0.168. The third-order valence-corrected chi connectivity index (χ3v) is 10.4. The summed E-state index contributed by atoms with van der Waals surface area (Å²) in [6.07, 6.45) is 7.74. The largest absolute Gasteiger partial charge is 0.255 e. The Kier molecular flexibility index (Phi) is 7.15. The lowest BCUT2D eigenvalue weighted by molar-refractivity contribution is 1.33. The molecule has 0 fully saturated rings. The molecule has 48 heavy (non-hydrogen) atoms. The first kappa shape index (κ1) is 28.4. The van der Waals surface area contributed by atoms with Crippen molar-refractivity contribution in [3.8, 4) is 65.6 Å². The Labute approximate surface area is 285 Å². The predicted octanol–water partition coefficient (Wildman–Crippen LogP) is 11.7. The Morgan fingerprint density at radius 1 is 0.354 bits per heavy atom. The van der Waals surface area contributed by atoms with Crippen molar-refractivity contribution >= 4 is 44.2 Å². The zero-order chi connectivity index (χ0) is 31.9. The van der Waals surface area contributed by atoms with Crippen LogP contribution >= 0.6 is 22.7 Å². The molecule has 0 saturated heterocycles. The van der Waals surface area contributed by atoms with Crippen LogP contribution in [0.1, 0.15) is 0 Å². The molecule has 0 spiro atoms. The van der Waals surface area contributed by atoms with Crippen LogP contribution in [0.2, 0.25) is 0 Å². The number of hydrogen-bond donors (Lipinski definition) is 0. The van der Waals surface area contributed by atoms with Gasteiger partial charge in [-0.3, -0.25) is 19.9 Å². The molecule has 0 atom stereocenters. The zero-order valence-corrected chi connectivity index (χ0v) is 27.2. The fraction of sp³-hybridized carbons (Fsp3) is 0. The fourth-order valence-electron chi connectivity index (χ4n) is 6.53. The van der Waals surface area contributed by atoms with Gasteiger partial charge in [-0.1, -0.05) is 103 Å². The van der Waals surface area contributed by atoms with Gasteiger partial charge in [-0.05, 0) is 73.1 Å². The first-order chi connectivity index (χ1) is 23.8. The van der Waals surface area contributed by atoms with Gasteiger partial charge in [0.05, 0.1) is 32.2 Å². The van der Waals surface area contributed by atoms with Gasteiger partial charge in [0.25, 0.3) is 0 Å². The number of nitrogens with zero attached hydrogens (tertiary/aromatic N) is 4. The molecule has 9 rings (SSSR count). The Morgan fingerprint density at radius 3 is 1.33 bits per heavy atom. The molecular formula is C42H26N4S2. The minimum Gasteiger partial charge on any atom is -0.255 e. The number of rotatable bonds is 6. The maximum atomic E-state index is 4.90. The van der Waals surface area contributed by atoms with E-state index in [4.69, 9.17) is 9.97 Å². The normalized spacial score (nSPS) is 11.3. The van der Waals surface area contributed by atoms with Crippen LogP contribution < -0.4 is 0 Å². The van der Waals surface area contributed by atoms with Crippen molar-refractivity contribution < 1.29 is 0 Å². The molecule has 0 saturated carbocycles. The lowest BCUT2D eigenvalue weighted by Crippen LogP contribution is -1.93. The first-order valence-electron chi connectivity index (χ1n) is 15.6. The lowest BCUT2D eigenvalue weighted by atomic mass is 9.85. The number of fused-ring (bicyclic) bond motifs is 2. The van der Waals surface area contributed by atoms with Crippen LogP contribution in [-0.2, 0) is 0 Å². The summed E-state index contributed by atoms with van der Waals surface area (Å²) in [5, 5.41) is 4.70. The zero-order valence-electron chi connectivity index (χ0n) is 25.6. The smallest absolute Gasteiger partial charge is 0.0818 e. The number of benzene rings is 5. The van der Waals surface area contributed by atoms with Crippen molar-refractivity contribution in [1.82, 2.24) is 19.9 Å². The summed E-state index contributed by atoms with van der Waals surface area (Å²) in [5.41, 5.74) is 14.8. The van der Waals surface area contributed by atoms with Gasteiger partial charge in [0.2, 0.25) is 0 Å². The van der Waals surface area contributed by atoms with Crippen LogP contribution in [0.25, 0.3) is 87.2 Å². The molecule has 4 nitrogen and oxygen atoms in total. The number of thiazole rings is 2. The van der Waals surface area contributed by atoms with E-state index in [0.717, 1.165) is 37.8 Å². The number of pyridine rings is 2. The number of hydrogen-bond acceptors (Lipinski definition) is 6. The van der Waals surface area contributed by atoms with Crippen molar-refractivity contribution in [2.45, 2.75) is 0 Å². The van der Waals surface area contributed by atoms with E-state index in [2.05, 4.69) is 131 Å². The molecule has 5 aromatic carbocycles. The molecule has 4 aromatic heterocycles. The highest BCUT2D eigenvalue weighted by atomic mass is 32.1. The standard InChI is InChI=1S/C42H26N4S2/c1-2-6-27(7-3-1)28-10-12-29(13-11-28)30-14-17-35-36(20-30)42(32-16-19-38(46-22-32)40-24-44-26-48-40)34-9-5-4-8-33(34)41(35)31-15-18-37(45-21-31)39-23-43-25-47-39/h1-26H. The van der Waals surface area contributed by atoms with Crippen LogP contribution in [0.3, 0.4) is 0 Å². The highest BCUT2D eigenvalue weighted by molar-refractivity contribution is 7.13. The van der Waals surface area contributed by atoms with Gasteiger partial charge in [-0.25, -0.2) is 0 Å². The molecule has 0 aliphatic rings. The minimum absolute atomic E-state index is 0.929. The average Bonchev–Trinajstić information content (AvgIpc) is 3.91. The summed E-state index contributed by atoms with van der Waals surface area (Å²) in [6, 6.07) is 43.5. The summed E-state index contributed by atoms with van der Waals surface area (Å²) in [6.45, 7) is 0. The minimum atomic E-state index is 0.929. The molecule has 6 heteroatoms. The van der Waals surface area contributed by atoms with Gasteiger partial charge in [-0.15, -0.1) is 22.7 Å². The summed E-state index contributed by atoms with van der Waals surface area (Å²) < 4.78 is 0. The second kappa shape index (κ2) is 12.1. The van der Waals surface area contributed by atoms with E-state index in [0.29, 0.717) is 0 Å². The molecule has 0 N–H and O–H groups in total. The highest BCUT2D eigenvalue weighted by Gasteiger charge is 2.18. The third-order valence-electron chi connectivity index (χ3n) is 8.82. The summed E-state index contributed by atoms with van der Waals surface area (Å²) in [4.78, 5) is 20.4. The van der Waals surface area contributed by atoms with Crippen molar-refractivity contribution in [1.29, 1.82) is 0 Å². The van der Waals surface area contributed by atoms with E-state index in [-0.39, 0.29) is 0 Å². The topological polar surface area (TPSA) is 51.6 Å². The fourth-order valence-corrected chi connectivity index (χ4v) is 7.72. The van der Waals surface area contributed by atoms with Crippen LogP contribution in [0.15, 0.2) is 157 Å². The van der Waals surface area contributed by atoms with E-state index < -0.39 is 0 Å². The molecule has 4 heterocycles. The maximum Gasteiger partial charge on any atom is 0.0818 e. The van der Waals surface area contributed by atoms with E-state index in [1.54, 1.807) is 22.7 Å². The summed E-state index contributed by atoms with van der Waals surface area (Å²) in [5.74, 6) is 0. The van der Waals surface area contributed by atoms with Crippen molar-refractivity contribution in [2.24, 2.45) is 0 Å². The molecule has 0 unspecified atom stereocenters. The lowest BCUT2D eigenvalue weighted by Gasteiger charge is -2.19. The third kappa shape index (κ3) is 5.08. The van der Waals surface area contributed by atoms with E-state index in [1.165, 1.54) is 49.4 Å². The van der Waals surface area contributed by atoms with Gasteiger partial charge in [0, 0.05) is 35.9 Å². The van der Waals surface area contributed by atoms with Crippen LogP contribution in [0.5, 0.6) is 0 Å². The predicted molar refractivity (Wildman–Crippen MR) is 201 cm³/mol. The summed E-state index contributed by atoms with van der Waals surface area (Å²) >= 11 is 3.20. The Bertz CT molecular complexity index is 2510. The van der Waals surface area contributed by atoms with Gasteiger partial charge < -0.3 is 0 Å². The van der Waals surface area contributed by atoms with E-state index in [9.17, 15) is 0 Å². The molecule has 0 aliphatic heterocycles. The van der Waals surface area contributed by atoms with Gasteiger partial charge >= 0.3 is 0 Å². The second-order valence-corrected chi connectivity index (χ2v) is 13.4. The summed E-state index contributed by atoms with van der Waals surface area (Å²) in [7, 11) is 0. The molecule has 0 aliphatic carbocycles. The molecular weight excluding hydrogens is 625 g/mol. The first-order valence-corrected chi connectivity index (χ1v) is 17.4. The van der Waals surface area contributed by atoms with E-state index in [1.807, 2.05) is 35.8 Å². The molecule has 0 radical (unpaired) electrons. The van der Waals surface area contributed by atoms with Crippen LogP contribution in [0, 0.1) is 0 Å². The molecule has 0 bridgehead atoms. The van der Waals surface area contributed by atoms with Gasteiger partial charge in [0.1, 0.15) is 0 Å². The van der Waals surface area contributed by atoms with E-state index >= 15 is 0 Å². The Balaban J connectivity index is 1.26. The molecule has 0 amide bonds. The Morgan fingerprint density at radius 2 is 0.812 bits per heavy atom. The van der Waals surface area contributed by atoms with Crippen molar-refractivity contribution in [3.63, 3.8) is 0 Å². The SMILES string of the molecule is c1ccc(-c2ccc(-c3ccc4c(-c5ccc(-c6cncs6)nc5)c5ccccc5c(-c5ccc(-c6cncs6)nc5)c4c3)cc2)cc1. The van der Waals surface area contributed by atoms with Gasteiger partial charge in [0.15, 0.2) is 0 Å².